The maximum atomic E-state index is 11.0. The minimum Gasteiger partial charge on any atom is -0.502 e. The van der Waals surface area contributed by atoms with Gasteiger partial charge in [0.1, 0.15) is 5.52 Å². The summed E-state index contributed by atoms with van der Waals surface area (Å²) in [4.78, 5) is 19.1. The van der Waals surface area contributed by atoms with E-state index >= 15 is 0 Å². The van der Waals surface area contributed by atoms with Crippen molar-refractivity contribution in [3.8, 4) is 17.2 Å². The van der Waals surface area contributed by atoms with Crippen LogP contribution >= 0.6 is 27.5 Å². The topological polar surface area (TPSA) is 102 Å². The Bertz CT molecular complexity index is 1270. The van der Waals surface area contributed by atoms with E-state index in [1.54, 1.807) is 18.2 Å². The number of halogens is 2. The molecule has 0 spiro atoms. The van der Waals surface area contributed by atoms with Crippen molar-refractivity contribution in [1.82, 2.24) is 4.98 Å². The third-order valence-corrected chi connectivity index (χ3v) is 4.84. The number of phenols is 1. The maximum Gasteiger partial charge on any atom is 0.312 e. The zero-order valence-corrected chi connectivity index (χ0v) is 16.9. The molecular formula is C20H11BrClN3O4. The third kappa shape index (κ3) is 3.98. The lowest BCUT2D eigenvalue weighted by atomic mass is 10.2. The Balaban J connectivity index is 1.67. The molecule has 29 heavy (non-hydrogen) atoms. The van der Waals surface area contributed by atoms with Crippen LogP contribution in [0.2, 0.25) is 5.02 Å². The number of hydrogen-bond donors (Lipinski definition) is 1. The third-order valence-electron chi connectivity index (χ3n) is 4.10. The van der Waals surface area contributed by atoms with Crippen LogP contribution in [0.25, 0.3) is 22.6 Å². The Kier molecular flexibility index (Phi) is 5.04. The number of fused-ring (bicyclic) bond motifs is 1. The highest BCUT2D eigenvalue weighted by Gasteiger charge is 2.17. The SMILES string of the molecule is O=[N+]([O-])c1cc(Cl)cc(C=Nc2ccc3oc(-c4ccc(Br)cc4)nc3c2)c1O. The standard InChI is InChI=1S/C20H11BrClN3O4/c21-13-3-1-11(2-4-13)20-24-16-9-15(5-6-18(16)29-20)23-10-12-7-14(22)8-17(19(12)26)25(27)28/h1-10,26H. The zero-order chi connectivity index (χ0) is 20.5. The lowest BCUT2D eigenvalue weighted by molar-refractivity contribution is -0.385. The largest absolute Gasteiger partial charge is 0.502 e. The van der Waals surface area contributed by atoms with Crippen molar-refractivity contribution in [2.75, 3.05) is 0 Å². The van der Waals surface area contributed by atoms with Gasteiger partial charge in [-0.25, -0.2) is 4.98 Å². The molecule has 0 amide bonds. The van der Waals surface area contributed by atoms with Crippen molar-refractivity contribution < 1.29 is 14.4 Å². The molecule has 0 radical (unpaired) electrons. The summed E-state index contributed by atoms with van der Waals surface area (Å²) in [5.74, 6) is -0.0140. The first-order valence-electron chi connectivity index (χ1n) is 8.28. The highest BCUT2D eigenvalue weighted by atomic mass is 79.9. The van der Waals surface area contributed by atoms with Crippen LogP contribution in [0.15, 0.2) is 68.5 Å². The van der Waals surface area contributed by atoms with Gasteiger partial charge in [-0.15, -0.1) is 0 Å². The van der Waals surface area contributed by atoms with Crippen LogP contribution in [-0.4, -0.2) is 21.2 Å². The van der Waals surface area contributed by atoms with E-state index < -0.39 is 16.4 Å². The molecule has 1 heterocycles. The molecule has 0 aliphatic rings. The van der Waals surface area contributed by atoms with Crippen LogP contribution in [0, 0.1) is 10.1 Å². The monoisotopic (exact) mass is 471 g/mol. The molecule has 0 saturated carbocycles. The molecule has 3 aromatic carbocycles. The Morgan fingerprint density at radius 1 is 1.17 bits per heavy atom. The van der Waals surface area contributed by atoms with Gasteiger partial charge in [-0.3, -0.25) is 15.1 Å². The van der Waals surface area contributed by atoms with Crippen LogP contribution in [0.1, 0.15) is 5.56 Å². The summed E-state index contributed by atoms with van der Waals surface area (Å²) in [6.45, 7) is 0. The number of benzene rings is 3. The van der Waals surface area contributed by atoms with Crippen LogP contribution in [0.4, 0.5) is 11.4 Å². The number of rotatable bonds is 4. The fraction of sp³-hybridized carbons (Fsp3) is 0. The molecule has 0 bridgehead atoms. The van der Waals surface area contributed by atoms with Crippen LogP contribution in [0.5, 0.6) is 5.75 Å². The molecule has 1 N–H and O–H groups in total. The number of aromatic hydroxyl groups is 1. The highest BCUT2D eigenvalue weighted by molar-refractivity contribution is 9.10. The van der Waals surface area contributed by atoms with Gasteiger partial charge in [-0.1, -0.05) is 27.5 Å². The summed E-state index contributed by atoms with van der Waals surface area (Å²) in [6, 6.07) is 15.2. The van der Waals surface area contributed by atoms with E-state index in [2.05, 4.69) is 25.9 Å². The number of nitrogens with zero attached hydrogens (tertiary/aromatic N) is 3. The molecule has 0 atom stereocenters. The number of nitro groups is 1. The van der Waals surface area contributed by atoms with E-state index in [-0.39, 0.29) is 10.6 Å². The Hall–Kier alpha value is -3.23. The van der Waals surface area contributed by atoms with Crippen molar-refractivity contribution in [2.45, 2.75) is 0 Å². The quantitative estimate of drug-likeness (QED) is 0.214. The van der Waals surface area contributed by atoms with Crippen LogP contribution in [0.3, 0.4) is 0 Å². The Labute approximate surface area is 177 Å². The van der Waals surface area contributed by atoms with Gasteiger partial charge in [0.15, 0.2) is 5.58 Å². The smallest absolute Gasteiger partial charge is 0.312 e. The van der Waals surface area contributed by atoms with E-state index in [4.69, 9.17) is 16.0 Å². The first-order chi connectivity index (χ1) is 13.9. The molecule has 0 unspecified atom stereocenters. The summed E-state index contributed by atoms with van der Waals surface area (Å²) in [5.41, 5.74) is 2.24. The Morgan fingerprint density at radius 3 is 2.66 bits per heavy atom. The maximum absolute atomic E-state index is 11.0. The van der Waals surface area contributed by atoms with Crippen molar-refractivity contribution in [3.05, 3.63) is 79.8 Å². The molecule has 4 aromatic rings. The van der Waals surface area contributed by atoms with E-state index in [9.17, 15) is 15.2 Å². The van der Waals surface area contributed by atoms with Crippen molar-refractivity contribution in [2.24, 2.45) is 4.99 Å². The number of phenolic OH excluding ortho intramolecular Hbond substituents is 1. The minimum absolute atomic E-state index is 0.127. The van der Waals surface area contributed by atoms with Gasteiger partial charge in [-0.05, 0) is 48.5 Å². The average molecular weight is 473 g/mol. The summed E-state index contributed by atoms with van der Waals surface area (Å²) in [7, 11) is 0. The second kappa shape index (κ2) is 7.65. The summed E-state index contributed by atoms with van der Waals surface area (Å²) < 4.78 is 6.73. The highest BCUT2D eigenvalue weighted by Crippen LogP contribution is 2.33. The number of nitro benzene ring substituents is 1. The summed E-state index contributed by atoms with van der Waals surface area (Å²) >= 11 is 9.28. The molecule has 0 fully saturated rings. The first kappa shape index (κ1) is 19.1. The molecule has 9 heteroatoms. The van der Waals surface area contributed by atoms with Gasteiger partial charge in [0.25, 0.3) is 0 Å². The van der Waals surface area contributed by atoms with E-state index in [0.717, 1.165) is 16.1 Å². The lowest BCUT2D eigenvalue weighted by Gasteiger charge is -2.01. The Morgan fingerprint density at radius 2 is 1.93 bits per heavy atom. The van der Waals surface area contributed by atoms with Gasteiger partial charge < -0.3 is 9.52 Å². The van der Waals surface area contributed by atoms with Crippen molar-refractivity contribution in [1.29, 1.82) is 0 Å². The van der Waals surface area contributed by atoms with Crippen molar-refractivity contribution >= 4 is 56.2 Å². The second-order valence-electron chi connectivity index (χ2n) is 6.06. The fourth-order valence-corrected chi connectivity index (χ4v) is 3.18. The van der Waals surface area contributed by atoms with E-state index in [1.165, 1.54) is 12.3 Å². The molecule has 1 aromatic heterocycles. The van der Waals surface area contributed by atoms with Crippen LogP contribution in [-0.2, 0) is 0 Å². The second-order valence-corrected chi connectivity index (χ2v) is 7.41. The molecule has 0 aliphatic carbocycles. The number of hydrogen-bond acceptors (Lipinski definition) is 6. The van der Waals surface area contributed by atoms with E-state index in [0.29, 0.717) is 22.7 Å². The van der Waals surface area contributed by atoms with Gasteiger partial charge in [0, 0.05) is 32.9 Å². The predicted octanol–water partition coefficient (Wildman–Crippen LogP) is 6.28. The number of oxazole rings is 1. The molecule has 0 saturated heterocycles. The zero-order valence-electron chi connectivity index (χ0n) is 14.5. The van der Waals surface area contributed by atoms with Gasteiger partial charge >= 0.3 is 5.69 Å². The molecule has 144 valence electrons. The lowest BCUT2D eigenvalue weighted by Crippen LogP contribution is -1.92. The molecule has 7 nitrogen and oxygen atoms in total. The van der Waals surface area contributed by atoms with Crippen LogP contribution < -0.4 is 0 Å². The normalized spacial score (nSPS) is 11.4. The summed E-state index contributed by atoms with van der Waals surface area (Å²) in [6.07, 6.45) is 1.31. The number of aromatic nitrogens is 1. The number of aliphatic imine (C=N–C) groups is 1. The molecule has 0 aliphatic heterocycles. The first-order valence-corrected chi connectivity index (χ1v) is 9.45. The summed E-state index contributed by atoms with van der Waals surface area (Å²) in [5, 5.41) is 21.2. The van der Waals surface area contributed by atoms with Crippen molar-refractivity contribution in [3.63, 3.8) is 0 Å². The van der Waals surface area contributed by atoms with Gasteiger partial charge in [-0.2, -0.15) is 0 Å². The van der Waals surface area contributed by atoms with Gasteiger partial charge in [0.2, 0.25) is 11.6 Å². The molecule has 4 rings (SSSR count). The predicted molar refractivity (Wildman–Crippen MR) is 114 cm³/mol. The average Bonchev–Trinajstić information content (AvgIpc) is 3.12. The molecular weight excluding hydrogens is 462 g/mol. The fourth-order valence-electron chi connectivity index (χ4n) is 2.70. The minimum atomic E-state index is -0.705. The van der Waals surface area contributed by atoms with Gasteiger partial charge in [0.05, 0.1) is 10.6 Å². The van der Waals surface area contributed by atoms with E-state index in [1.807, 2.05) is 24.3 Å².